The van der Waals surface area contributed by atoms with Crippen LogP contribution in [0.5, 0.6) is 5.75 Å². The zero-order chi connectivity index (χ0) is 20.9. The molecule has 0 fully saturated rings. The number of amides is 1. The van der Waals surface area contributed by atoms with E-state index < -0.39 is 0 Å². The van der Waals surface area contributed by atoms with Gasteiger partial charge in [0, 0.05) is 5.56 Å². The lowest BCUT2D eigenvalue weighted by molar-refractivity contribution is -0.120. The third kappa shape index (κ3) is 5.84. The smallest absolute Gasteiger partial charge is 0.265 e. The van der Waals surface area contributed by atoms with Crippen molar-refractivity contribution in [3.8, 4) is 5.75 Å². The second-order valence-electron chi connectivity index (χ2n) is 8.89. The number of anilines is 1. The average Bonchev–Trinajstić information content (AvgIpc) is 2.59. The van der Waals surface area contributed by atoms with Gasteiger partial charge in [-0.25, -0.2) is 0 Å². The van der Waals surface area contributed by atoms with E-state index in [1.807, 2.05) is 63.2 Å². The van der Waals surface area contributed by atoms with Gasteiger partial charge in [0.15, 0.2) is 6.61 Å². The van der Waals surface area contributed by atoms with Crippen LogP contribution in [0.1, 0.15) is 58.2 Å². The lowest BCUT2D eigenvalue weighted by atomic mass is 9.79. The highest BCUT2D eigenvalue weighted by Gasteiger charge is 2.25. The van der Waals surface area contributed by atoms with Crippen molar-refractivity contribution in [1.82, 2.24) is 0 Å². The Hall–Kier alpha value is -2.82. The van der Waals surface area contributed by atoms with E-state index in [1.54, 1.807) is 6.21 Å². The molecule has 0 aliphatic rings. The van der Waals surface area contributed by atoms with Gasteiger partial charge in [-0.1, -0.05) is 83.1 Å². The van der Waals surface area contributed by atoms with Crippen molar-refractivity contribution >= 4 is 17.8 Å². The maximum absolute atomic E-state index is 12.3. The molecule has 2 rings (SSSR count). The summed E-state index contributed by atoms with van der Waals surface area (Å²) in [5.74, 6) is -0.298. The van der Waals surface area contributed by atoms with Crippen LogP contribution in [-0.2, 0) is 20.5 Å². The number of benzene rings is 2. The number of phenols is 1. The van der Waals surface area contributed by atoms with Gasteiger partial charge in [0.05, 0.1) is 11.9 Å². The van der Waals surface area contributed by atoms with Crippen molar-refractivity contribution in [2.24, 2.45) is 5.16 Å². The first kappa shape index (κ1) is 21.5. The third-order valence-corrected chi connectivity index (χ3v) is 4.33. The fourth-order valence-electron chi connectivity index (χ4n) is 2.65. The van der Waals surface area contributed by atoms with Crippen molar-refractivity contribution < 1.29 is 14.7 Å². The highest BCUT2D eigenvalue weighted by atomic mass is 16.6. The number of nitrogens with zero attached hydrogens (tertiary/aromatic N) is 1. The monoisotopic (exact) mass is 382 g/mol. The largest absolute Gasteiger partial charge is 0.505 e. The van der Waals surface area contributed by atoms with Gasteiger partial charge in [0.2, 0.25) is 0 Å². The van der Waals surface area contributed by atoms with E-state index in [4.69, 9.17) is 4.84 Å². The number of carbonyl (C=O) groups excluding carboxylic acids is 1. The number of nitrogens with one attached hydrogen (secondary N) is 1. The Labute approximate surface area is 167 Å². The number of hydrogen-bond donors (Lipinski definition) is 2. The normalized spacial score (nSPS) is 12.2. The molecule has 5 heteroatoms. The van der Waals surface area contributed by atoms with Gasteiger partial charge in [0.1, 0.15) is 5.75 Å². The summed E-state index contributed by atoms with van der Waals surface area (Å²) in [6.45, 7) is 12.1. The highest BCUT2D eigenvalue weighted by Crippen LogP contribution is 2.40. The molecule has 2 aromatic rings. The number of aromatic hydroxyl groups is 1. The van der Waals surface area contributed by atoms with Gasteiger partial charge in [-0.15, -0.1) is 0 Å². The second kappa shape index (κ2) is 8.46. The van der Waals surface area contributed by atoms with Gasteiger partial charge in [-0.2, -0.15) is 0 Å². The quantitative estimate of drug-likeness (QED) is 0.435. The molecule has 0 bridgehead atoms. The van der Waals surface area contributed by atoms with Gasteiger partial charge in [-0.05, 0) is 28.0 Å². The summed E-state index contributed by atoms with van der Waals surface area (Å²) in [5, 5.41) is 17.3. The Morgan fingerprint density at radius 2 is 1.71 bits per heavy atom. The van der Waals surface area contributed by atoms with E-state index in [0.717, 1.165) is 16.7 Å². The lowest BCUT2D eigenvalue weighted by Gasteiger charge is -2.27. The van der Waals surface area contributed by atoms with Gasteiger partial charge in [0.25, 0.3) is 5.91 Å². The zero-order valence-corrected chi connectivity index (χ0v) is 17.5. The van der Waals surface area contributed by atoms with Crippen LogP contribution in [0.2, 0.25) is 0 Å². The van der Waals surface area contributed by atoms with Crippen LogP contribution in [-0.4, -0.2) is 23.8 Å². The molecule has 0 aliphatic carbocycles. The molecule has 2 aromatic carbocycles. The minimum Gasteiger partial charge on any atom is -0.505 e. The third-order valence-electron chi connectivity index (χ3n) is 4.33. The molecule has 0 heterocycles. The molecular formula is C23H30N2O3. The summed E-state index contributed by atoms with van der Waals surface area (Å²) in [4.78, 5) is 17.4. The molecule has 1 amide bonds. The fourth-order valence-corrected chi connectivity index (χ4v) is 2.65. The number of carbonyl (C=O) groups is 1. The molecule has 0 saturated heterocycles. The predicted octanol–water partition coefficient (Wildman–Crippen LogP) is 4.98. The fraction of sp³-hybridized carbons (Fsp3) is 0.391. The lowest BCUT2D eigenvalue weighted by Crippen LogP contribution is -2.21. The van der Waals surface area contributed by atoms with Crippen LogP contribution < -0.4 is 5.32 Å². The Balaban J connectivity index is 2.13. The van der Waals surface area contributed by atoms with E-state index >= 15 is 0 Å². The summed E-state index contributed by atoms with van der Waals surface area (Å²) < 4.78 is 0. The Bertz CT molecular complexity index is 845. The van der Waals surface area contributed by atoms with Crippen LogP contribution in [0.15, 0.2) is 47.6 Å². The summed E-state index contributed by atoms with van der Waals surface area (Å²) in [6.07, 6.45) is 1.54. The first-order chi connectivity index (χ1) is 13.0. The van der Waals surface area contributed by atoms with E-state index in [1.165, 1.54) is 0 Å². The summed E-state index contributed by atoms with van der Waals surface area (Å²) >= 11 is 0. The van der Waals surface area contributed by atoms with Crippen LogP contribution in [0.4, 0.5) is 5.69 Å². The SMILES string of the molecule is CC(C)(C)c1cc(NC(=O)CO/N=C/c2ccccc2)c(O)c(C(C)(C)C)c1. The summed E-state index contributed by atoms with van der Waals surface area (Å²) in [6, 6.07) is 13.3. The van der Waals surface area contributed by atoms with Crippen LogP contribution in [0.25, 0.3) is 0 Å². The first-order valence-electron chi connectivity index (χ1n) is 9.36. The van der Waals surface area contributed by atoms with Crippen molar-refractivity contribution in [3.05, 3.63) is 59.2 Å². The molecule has 0 atom stereocenters. The van der Waals surface area contributed by atoms with Crippen molar-refractivity contribution in [2.45, 2.75) is 52.4 Å². The van der Waals surface area contributed by atoms with Crippen molar-refractivity contribution in [1.29, 1.82) is 0 Å². The minimum atomic E-state index is -0.383. The highest BCUT2D eigenvalue weighted by molar-refractivity contribution is 5.93. The summed E-state index contributed by atoms with van der Waals surface area (Å²) in [5.41, 5.74) is 2.71. The summed E-state index contributed by atoms with van der Waals surface area (Å²) in [7, 11) is 0. The Morgan fingerprint density at radius 1 is 1.07 bits per heavy atom. The van der Waals surface area contributed by atoms with Crippen molar-refractivity contribution in [3.63, 3.8) is 0 Å². The number of hydrogen-bond acceptors (Lipinski definition) is 4. The molecule has 0 aromatic heterocycles. The molecule has 0 aliphatic heterocycles. The molecular weight excluding hydrogens is 352 g/mol. The second-order valence-corrected chi connectivity index (χ2v) is 8.89. The molecule has 28 heavy (non-hydrogen) atoms. The maximum Gasteiger partial charge on any atom is 0.265 e. The molecule has 0 radical (unpaired) electrons. The van der Waals surface area contributed by atoms with Crippen LogP contribution >= 0.6 is 0 Å². The molecule has 0 unspecified atom stereocenters. The Kier molecular flexibility index (Phi) is 6.49. The van der Waals surface area contributed by atoms with Crippen molar-refractivity contribution in [2.75, 3.05) is 11.9 Å². The van der Waals surface area contributed by atoms with Crippen LogP contribution in [0.3, 0.4) is 0 Å². The molecule has 2 N–H and O–H groups in total. The molecule has 5 nitrogen and oxygen atoms in total. The number of oxime groups is 1. The molecule has 0 saturated carbocycles. The maximum atomic E-state index is 12.3. The van der Waals surface area contributed by atoms with E-state index in [9.17, 15) is 9.90 Å². The van der Waals surface area contributed by atoms with E-state index in [2.05, 4.69) is 31.2 Å². The minimum absolute atomic E-state index is 0.0848. The average molecular weight is 383 g/mol. The molecule has 150 valence electrons. The first-order valence-corrected chi connectivity index (χ1v) is 9.36. The van der Waals surface area contributed by atoms with Gasteiger partial charge < -0.3 is 15.3 Å². The number of phenolic OH excluding ortho intramolecular Hbond substituents is 1. The standard InChI is InChI=1S/C23H30N2O3/c1-22(2,3)17-12-18(23(4,5)6)21(27)19(13-17)25-20(26)15-28-24-14-16-10-8-7-9-11-16/h7-14,27H,15H2,1-6H3,(H,25,26)/b24-14+. The van der Waals surface area contributed by atoms with E-state index in [-0.39, 0.29) is 29.1 Å². The van der Waals surface area contributed by atoms with Gasteiger partial charge >= 0.3 is 0 Å². The zero-order valence-electron chi connectivity index (χ0n) is 17.5. The van der Waals surface area contributed by atoms with Gasteiger partial charge in [-0.3, -0.25) is 4.79 Å². The Morgan fingerprint density at radius 3 is 2.29 bits per heavy atom. The number of rotatable bonds is 5. The topological polar surface area (TPSA) is 70.9 Å². The van der Waals surface area contributed by atoms with Crippen LogP contribution in [0, 0.1) is 0 Å². The predicted molar refractivity (Wildman–Crippen MR) is 114 cm³/mol. The van der Waals surface area contributed by atoms with E-state index in [0.29, 0.717) is 5.69 Å². The molecule has 0 spiro atoms.